The van der Waals surface area contributed by atoms with Gasteiger partial charge in [-0.2, -0.15) is 0 Å². The zero-order valence-electron chi connectivity index (χ0n) is 10.9. The molecule has 20 heavy (non-hydrogen) atoms. The van der Waals surface area contributed by atoms with Crippen LogP contribution < -0.4 is 0 Å². The predicted molar refractivity (Wildman–Crippen MR) is 79.4 cm³/mol. The van der Waals surface area contributed by atoms with Crippen molar-refractivity contribution in [3.63, 3.8) is 0 Å². The van der Waals surface area contributed by atoms with Crippen molar-refractivity contribution in [2.45, 2.75) is 18.8 Å². The lowest BCUT2D eigenvalue weighted by atomic mass is 10.1. The van der Waals surface area contributed by atoms with E-state index >= 15 is 0 Å². The monoisotopic (exact) mass is 288 g/mol. The summed E-state index contributed by atoms with van der Waals surface area (Å²) < 4.78 is 15.3. The van der Waals surface area contributed by atoms with E-state index < -0.39 is 0 Å². The molecule has 3 aromatic rings. The highest BCUT2D eigenvalue weighted by Gasteiger charge is 2.09. The Morgan fingerprint density at radius 1 is 1.10 bits per heavy atom. The van der Waals surface area contributed by atoms with Gasteiger partial charge < -0.3 is 4.57 Å². The van der Waals surface area contributed by atoms with E-state index in [1.807, 2.05) is 30.3 Å². The number of hydrogen-bond donors (Lipinski definition) is 0. The minimum Gasteiger partial charge on any atom is -0.327 e. The highest BCUT2D eigenvalue weighted by molar-refractivity contribution is 6.16. The first-order chi connectivity index (χ1) is 9.78. The van der Waals surface area contributed by atoms with E-state index in [-0.39, 0.29) is 5.82 Å². The molecule has 0 fully saturated rings. The first-order valence-corrected chi connectivity index (χ1v) is 7.06. The van der Waals surface area contributed by atoms with Crippen molar-refractivity contribution >= 4 is 22.6 Å². The summed E-state index contributed by atoms with van der Waals surface area (Å²) in [7, 11) is 0. The second-order valence-electron chi connectivity index (χ2n) is 4.68. The van der Waals surface area contributed by atoms with Crippen molar-refractivity contribution in [2.24, 2.45) is 0 Å². The molecule has 0 atom stereocenters. The molecule has 102 valence electrons. The van der Waals surface area contributed by atoms with Crippen LogP contribution in [0.2, 0.25) is 0 Å². The molecule has 2 aromatic carbocycles. The van der Waals surface area contributed by atoms with Gasteiger partial charge in [0.25, 0.3) is 0 Å². The average Bonchev–Trinajstić information content (AvgIpc) is 2.83. The molecule has 0 amide bonds. The summed E-state index contributed by atoms with van der Waals surface area (Å²) in [5, 5.41) is 0. The van der Waals surface area contributed by atoms with Gasteiger partial charge >= 0.3 is 0 Å². The van der Waals surface area contributed by atoms with E-state index in [0.29, 0.717) is 5.88 Å². The minimum absolute atomic E-state index is 0.199. The maximum Gasteiger partial charge on any atom is 0.124 e. The Balaban J connectivity index is 1.90. The SMILES string of the molecule is Fc1cccc(CCn2c(CCl)nc3ccccc32)c1. The van der Waals surface area contributed by atoms with Crippen LogP contribution in [0.3, 0.4) is 0 Å². The molecule has 3 rings (SSSR count). The molecule has 0 N–H and O–H groups in total. The highest BCUT2D eigenvalue weighted by atomic mass is 35.5. The van der Waals surface area contributed by atoms with Gasteiger partial charge in [0.2, 0.25) is 0 Å². The zero-order valence-corrected chi connectivity index (χ0v) is 11.6. The number of benzene rings is 2. The molecule has 1 aromatic heterocycles. The Morgan fingerprint density at radius 2 is 1.95 bits per heavy atom. The van der Waals surface area contributed by atoms with E-state index in [4.69, 9.17) is 11.6 Å². The molecule has 0 unspecified atom stereocenters. The van der Waals surface area contributed by atoms with Crippen molar-refractivity contribution in [1.29, 1.82) is 0 Å². The van der Waals surface area contributed by atoms with Gasteiger partial charge in [0.05, 0.1) is 16.9 Å². The van der Waals surface area contributed by atoms with Crippen molar-refractivity contribution in [2.75, 3.05) is 0 Å². The van der Waals surface area contributed by atoms with Gasteiger partial charge in [-0.3, -0.25) is 0 Å². The lowest BCUT2D eigenvalue weighted by Gasteiger charge is -2.08. The van der Waals surface area contributed by atoms with Gasteiger partial charge in [-0.15, -0.1) is 11.6 Å². The number of halogens is 2. The van der Waals surface area contributed by atoms with Crippen molar-refractivity contribution in [3.8, 4) is 0 Å². The average molecular weight is 289 g/mol. The summed E-state index contributed by atoms with van der Waals surface area (Å²) in [6, 6.07) is 14.7. The lowest BCUT2D eigenvalue weighted by molar-refractivity contribution is 0.621. The Morgan fingerprint density at radius 3 is 2.75 bits per heavy atom. The van der Waals surface area contributed by atoms with Crippen LogP contribution in [0.5, 0.6) is 0 Å². The van der Waals surface area contributed by atoms with E-state index in [1.54, 1.807) is 12.1 Å². The van der Waals surface area contributed by atoms with Crippen LogP contribution in [-0.2, 0) is 18.8 Å². The topological polar surface area (TPSA) is 17.8 Å². The molecular formula is C16H14ClFN2. The number of fused-ring (bicyclic) bond motifs is 1. The largest absolute Gasteiger partial charge is 0.327 e. The number of para-hydroxylation sites is 2. The molecule has 0 aliphatic rings. The quantitative estimate of drug-likeness (QED) is 0.659. The summed E-state index contributed by atoms with van der Waals surface area (Å²) in [6.07, 6.45) is 0.752. The number of hydrogen-bond acceptors (Lipinski definition) is 1. The third-order valence-corrected chi connectivity index (χ3v) is 3.61. The van der Waals surface area contributed by atoms with Crippen LogP contribution in [0.15, 0.2) is 48.5 Å². The molecule has 0 aliphatic carbocycles. The van der Waals surface area contributed by atoms with E-state index in [9.17, 15) is 4.39 Å². The molecule has 4 heteroatoms. The Hall–Kier alpha value is -1.87. The fourth-order valence-electron chi connectivity index (χ4n) is 2.41. The molecule has 0 saturated heterocycles. The normalized spacial score (nSPS) is 11.1. The molecule has 0 radical (unpaired) electrons. The highest BCUT2D eigenvalue weighted by Crippen LogP contribution is 2.18. The number of nitrogens with zero attached hydrogens (tertiary/aromatic N) is 2. The summed E-state index contributed by atoms with van der Waals surface area (Å²) in [4.78, 5) is 4.52. The van der Waals surface area contributed by atoms with E-state index in [2.05, 4.69) is 9.55 Å². The Labute approximate surface area is 121 Å². The molecular weight excluding hydrogens is 275 g/mol. The Kier molecular flexibility index (Phi) is 3.70. The number of aromatic nitrogens is 2. The second-order valence-corrected chi connectivity index (χ2v) is 4.95. The number of rotatable bonds is 4. The standard InChI is InChI=1S/C16H14ClFN2/c17-11-16-19-14-6-1-2-7-15(14)20(16)9-8-12-4-3-5-13(18)10-12/h1-7,10H,8-9,11H2. The third-order valence-electron chi connectivity index (χ3n) is 3.37. The van der Waals surface area contributed by atoms with Crippen molar-refractivity contribution in [3.05, 3.63) is 65.7 Å². The van der Waals surface area contributed by atoms with Gasteiger partial charge in [0, 0.05) is 6.54 Å². The van der Waals surface area contributed by atoms with Gasteiger partial charge in [0.15, 0.2) is 0 Å². The summed E-state index contributed by atoms with van der Waals surface area (Å²) in [5.41, 5.74) is 2.99. The van der Waals surface area contributed by atoms with Crippen LogP contribution in [0.1, 0.15) is 11.4 Å². The number of aryl methyl sites for hydroxylation is 2. The predicted octanol–water partition coefficient (Wildman–Crippen LogP) is 4.16. The number of alkyl halides is 1. The Bertz CT molecular complexity index is 736. The van der Waals surface area contributed by atoms with Gasteiger partial charge in [-0.05, 0) is 36.2 Å². The number of imidazole rings is 1. The van der Waals surface area contributed by atoms with Gasteiger partial charge in [-0.1, -0.05) is 24.3 Å². The smallest absolute Gasteiger partial charge is 0.124 e. The summed E-state index contributed by atoms with van der Waals surface area (Å²) >= 11 is 5.97. The van der Waals surface area contributed by atoms with Crippen molar-refractivity contribution < 1.29 is 4.39 Å². The van der Waals surface area contributed by atoms with Crippen LogP contribution in [-0.4, -0.2) is 9.55 Å². The van der Waals surface area contributed by atoms with Crippen LogP contribution >= 0.6 is 11.6 Å². The van der Waals surface area contributed by atoms with Crippen molar-refractivity contribution in [1.82, 2.24) is 9.55 Å². The zero-order chi connectivity index (χ0) is 13.9. The maximum absolute atomic E-state index is 13.2. The maximum atomic E-state index is 13.2. The van der Waals surface area contributed by atoms with Gasteiger partial charge in [-0.25, -0.2) is 9.37 Å². The molecule has 0 saturated carbocycles. The molecule has 1 heterocycles. The lowest BCUT2D eigenvalue weighted by Crippen LogP contribution is -2.05. The molecule has 0 spiro atoms. The third kappa shape index (κ3) is 2.54. The van der Waals surface area contributed by atoms with Gasteiger partial charge in [0.1, 0.15) is 11.6 Å². The van der Waals surface area contributed by atoms with E-state index in [0.717, 1.165) is 35.4 Å². The molecule has 0 bridgehead atoms. The first-order valence-electron chi connectivity index (χ1n) is 6.52. The summed E-state index contributed by atoms with van der Waals surface area (Å²) in [6.45, 7) is 0.742. The first kappa shape index (κ1) is 13.1. The van der Waals surface area contributed by atoms with Crippen LogP contribution in [0.25, 0.3) is 11.0 Å². The molecule has 2 nitrogen and oxygen atoms in total. The van der Waals surface area contributed by atoms with E-state index in [1.165, 1.54) is 6.07 Å². The van der Waals surface area contributed by atoms with Crippen LogP contribution in [0.4, 0.5) is 4.39 Å². The molecule has 0 aliphatic heterocycles. The summed E-state index contributed by atoms with van der Waals surface area (Å²) in [5.74, 6) is 1.03. The second kappa shape index (κ2) is 5.63. The minimum atomic E-state index is -0.199. The fourth-order valence-corrected chi connectivity index (χ4v) is 2.61. The fraction of sp³-hybridized carbons (Fsp3) is 0.188. The van der Waals surface area contributed by atoms with Crippen LogP contribution in [0, 0.1) is 5.82 Å².